The molecule has 1 N–H and O–H groups in total. The number of nitro benzene ring substituents is 1. The van der Waals surface area contributed by atoms with Crippen molar-refractivity contribution >= 4 is 44.9 Å². The standard InChI is InChI=1S/C18H18ClN3O8S/c1-11-4-7-14(15(8-11)22(25)26)20-17(23)10-30-18(24)12-5-6-13(19)16(9-12)31(27,28)21(2)29-3/h4-9H,10H2,1-3H3,(H,20,23). The number of esters is 1. The molecule has 0 aliphatic rings. The Morgan fingerprint density at radius 3 is 2.52 bits per heavy atom. The lowest BCUT2D eigenvalue weighted by Gasteiger charge is -2.15. The number of anilines is 1. The van der Waals surface area contributed by atoms with Gasteiger partial charge in [-0.1, -0.05) is 22.1 Å². The van der Waals surface area contributed by atoms with Crippen molar-refractivity contribution in [1.82, 2.24) is 4.47 Å². The highest BCUT2D eigenvalue weighted by atomic mass is 35.5. The lowest BCUT2D eigenvalue weighted by Crippen LogP contribution is -2.26. The number of aryl methyl sites for hydroxylation is 1. The van der Waals surface area contributed by atoms with Crippen LogP contribution in [-0.4, -0.2) is 50.5 Å². The fourth-order valence-corrected chi connectivity index (χ4v) is 3.84. The lowest BCUT2D eigenvalue weighted by molar-refractivity contribution is -0.384. The first-order valence-corrected chi connectivity index (χ1v) is 10.3. The van der Waals surface area contributed by atoms with E-state index in [4.69, 9.17) is 16.3 Å². The second kappa shape index (κ2) is 9.83. The highest BCUT2D eigenvalue weighted by Crippen LogP contribution is 2.26. The second-order valence-corrected chi connectivity index (χ2v) is 8.46. The maximum Gasteiger partial charge on any atom is 0.338 e. The largest absolute Gasteiger partial charge is 0.452 e. The molecule has 1 amide bonds. The molecule has 2 aromatic rings. The first-order valence-electron chi connectivity index (χ1n) is 8.52. The summed E-state index contributed by atoms with van der Waals surface area (Å²) in [4.78, 5) is 39.1. The number of hydroxylamine groups is 1. The number of sulfonamides is 1. The summed E-state index contributed by atoms with van der Waals surface area (Å²) in [5, 5.41) is 13.3. The van der Waals surface area contributed by atoms with Crippen molar-refractivity contribution in [2.45, 2.75) is 11.8 Å². The minimum absolute atomic E-state index is 0.0564. The van der Waals surface area contributed by atoms with Gasteiger partial charge in [0, 0.05) is 13.1 Å². The molecule has 2 aromatic carbocycles. The zero-order valence-corrected chi connectivity index (χ0v) is 18.2. The van der Waals surface area contributed by atoms with Crippen LogP contribution in [0.1, 0.15) is 15.9 Å². The monoisotopic (exact) mass is 471 g/mol. The predicted molar refractivity (Wildman–Crippen MR) is 110 cm³/mol. The Bertz CT molecular complexity index is 1140. The van der Waals surface area contributed by atoms with Crippen molar-refractivity contribution in [3.05, 3.63) is 62.7 Å². The van der Waals surface area contributed by atoms with E-state index >= 15 is 0 Å². The van der Waals surface area contributed by atoms with Crippen molar-refractivity contribution < 1.29 is 32.5 Å². The van der Waals surface area contributed by atoms with E-state index in [1.165, 1.54) is 24.3 Å². The molecule has 0 heterocycles. The molecule has 0 bridgehead atoms. The van der Waals surface area contributed by atoms with Crippen LogP contribution in [0, 0.1) is 17.0 Å². The van der Waals surface area contributed by atoms with E-state index in [1.54, 1.807) is 13.0 Å². The van der Waals surface area contributed by atoms with E-state index in [-0.39, 0.29) is 22.0 Å². The van der Waals surface area contributed by atoms with E-state index in [0.29, 0.717) is 10.0 Å². The molecule has 0 fully saturated rings. The smallest absolute Gasteiger partial charge is 0.338 e. The first kappa shape index (κ1) is 24.2. The van der Waals surface area contributed by atoms with E-state index in [9.17, 15) is 28.1 Å². The number of amides is 1. The van der Waals surface area contributed by atoms with Crippen LogP contribution in [0.5, 0.6) is 0 Å². The van der Waals surface area contributed by atoms with Gasteiger partial charge in [-0.3, -0.25) is 19.7 Å². The van der Waals surface area contributed by atoms with Crippen LogP contribution in [-0.2, 0) is 24.4 Å². The van der Waals surface area contributed by atoms with Crippen LogP contribution in [0.3, 0.4) is 0 Å². The maximum absolute atomic E-state index is 12.4. The quantitative estimate of drug-likeness (QED) is 0.351. The number of nitrogens with zero attached hydrogens (tertiary/aromatic N) is 2. The fraction of sp³-hybridized carbons (Fsp3) is 0.222. The van der Waals surface area contributed by atoms with Crippen LogP contribution in [0.25, 0.3) is 0 Å². The van der Waals surface area contributed by atoms with Gasteiger partial charge in [0.1, 0.15) is 10.6 Å². The van der Waals surface area contributed by atoms with E-state index in [1.807, 2.05) is 0 Å². The normalized spacial score (nSPS) is 11.3. The zero-order chi connectivity index (χ0) is 23.3. The number of ether oxygens (including phenoxy) is 1. The number of nitrogens with one attached hydrogen (secondary N) is 1. The Balaban J connectivity index is 2.13. The summed E-state index contributed by atoms with van der Waals surface area (Å²) < 4.78 is 30.2. The van der Waals surface area contributed by atoms with E-state index in [2.05, 4.69) is 10.2 Å². The van der Waals surface area contributed by atoms with Crippen LogP contribution in [0.15, 0.2) is 41.3 Å². The zero-order valence-electron chi connectivity index (χ0n) is 16.6. The number of carbonyl (C=O) groups is 2. The summed E-state index contributed by atoms with van der Waals surface area (Å²) in [7, 11) is -1.85. The molecule has 0 unspecified atom stereocenters. The van der Waals surface area contributed by atoms with Gasteiger partial charge in [0.2, 0.25) is 0 Å². The van der Waals surface area contributed by atoms with Crippen LogP contribution < -0.4 is 5.32 Å². The molecule has 0 atom stereocenters. The molecule has 13 heteroatoms. The lowest BCUT2D eigenvalue weighted by atomic mass is 10.2. The average molecular weight is 472 g/mol. The van der Waals surface area contributed by atoms with Crippen molar-refractivity contribution in [1.29, 1.82) is 0 Å². The van der Waals surface area contributed by atoms with Gasteiger partial charge in [-0.25, -0.2) is 13.2 Å². The Morgan fingerprint density at radius 1 is 1.23 bits per heavy atom. The van der Waals surface area contributed by atoms with Gasteiger partial charge in [0.15, 0.2) is 6.61 Å². The van der Waals surface area contributed by atoms with Gasteiger partial charge in [0.25, 0.3) is 21.6 Å². The number of halogens is 1. The number of benzene rings is 2. The van der Waals surface area contributed by atoms with Crippen molar-refractivity contribution in [2.24, 2.45) is 0 Å². The summed E-state index contributed by atoms with van der Waals surface area (Å²) in [5.41, 5.74) is 0.0824. The van der Waals surface area contributed by atoms with Crippen LogP contribution in [0.4, 0.5) is 11.4 Å². The molecule has 0 saturated heterocycles. The number of hydrogen-bond donors (Lipinski definition) is 1. The molecule has 0 saturated carbocycles. The Morgan fingerprint density at radius 2 is 1.90 bits per heavy atom. The van der Waals surface area contributed by atoms with Gasteiger partial charge in [-0.05, 0) is 36.8 Å². The first-order chi connectivity index (χ1) is 14.5. The molecule has 0 aliphatic carbocycles. The predicted octanol–water partition coefficient (Wildman–Crippen LogP) is 2.53. The molecule has 2 rings (SSSR count). The molecule has 0 aliphatic heterocycles. The Labute approximate surface area is 182 Å². The molecular formula is C18H18ClN3O8S. The van der Waals surface area contributed by atoms with Gasteiger partial charge in [-0.2, -0.15) is 0 Å². The highest BCUT2D eigenvalue weighted by Gasteiger charge is 2.26. The number of hydrogen-bond acceptors (Lipinski definition) is 8. The topological polar surface area (TPSA) is 145 Å². The SMILES string of the molecule is CON(C)S(=O)(=O)c1cc(C(=O)OCC(=O)Nc2ccc(C)cc2[N+](=O)[O-])ccc1Cl. The molecule has 166 valence electrons. The summed E-state index contributed by atoms with van der Waals surface area (Å²) >= 11 is 5.92. The summed E-state index contributed by atoms with van der Waals surface area (Å²) in [5.74, 6) is -1.82. The highest BCUT2D eigenvalue weighted by molar-refractivity contribution is 7.89. The third-order valence-corrected chi connectivity index (χ3v) is 6.16. The summed E-state index contributed by atoms with van der Waals surface area (Å²) in [6.07, 6.45) is 0. The van der Waals surface area contributed by atoms with Crippen molar-refractivity contribution in [2.75, 3.05) is 26.1 Å². The van der Waals surface area contributed by atoms with Crippen molar-refractivity contribution in [3.63, 3.8) is 0 Å². The number of carbonyl (C=O) groups excluding carboxylic acids is 2. The molecular weight excluding hydrogens is 454 g/mol. The molecule has 11 nitrogen and oxygen atoms in total. The molecule has 0 aromatic heterocycles. The average Bonchev–Trinajstić information content (AvgIpc) is 2.72. The molecule has 31 heavy (non-hydrogen) atoms. The summed E-state index contributed by atoms with van der Waals surface area (Å²) in [6, 6.07) is 7.60. The second-order valence-electron chi connectivity index (χ2n) is 6.14. The number of rotatable bonds is 8. The fourth-order valence-electron chi connectivity index (χ4n) is 2.36. The Kier molecular flexibility index (Phi) is 7.68. The Hall–Kier alpha value is -3.06. The van der Waals surface area contributed by atoms with Crippen LogP contribution in [0.2, 0.25) is 5.02 Å². The van der Waals surface area contributed by atoms with Gasteiger partial charge >= 0.3 is 5.97 Å². The van der Waals surface area contributed by atoms with Gasteiger partial charge in [0.05, 0.1) is 22.6 Å². The molecule has 0 spiro atoms. The van der Waals surface area contributed by atoms with Crippen LogP contribution >= 0.6 is 11.6 Å². The number of nitro groups is 1. The third kappa shape index (κ3) is 5.76. The minimum atomic E-state index is -4.14. The van der Waals surface area contributed by atoms with Gasteiger partial charge < -0.3 is 10.1 Å². The third-order valence-electron chi connectivity index (χ3n) is 4.00. The molecule has 0 radical (unpaired) electrons. The van der Waals surface area contributed by atoms with E-state index < -0.39 is 38.3 Å². The maximum atomic E-state index is 12.4. The summed E-state index contributed by atoms with van der Waals surface area (Å²) in [6.45, 7) is 0.901. The van der Waals surface area contributed by atoms with Crippen molar-refractivity contribution in [3.8, 4) is 0 Å². The van der Waals surface area contributed by atoms with Gasteiger partial charge in [-0.15, -0.1) is 0 Å². The minimum Gasteiger partial charge on any atom is -0.452 e. The van der Waals surface area contributed by atoms with E-state index in [0.717, 1.165) is 20.2 Å².